The van der Waals surface area contributed by atoms with Gasteiger partial charge >= 0.3 is 5.97 Å². The molecule has 0 aliphatic rings. The van der Waals surface area contributed by atoms with E-state index >= 15 is 0 Å². The highest BCUT2D eigenvalue weighted by molar-refractivity contribution is 9.10. The number of esters is 1. The van der Waals surface area contributed by atoms with Crippen LogP contribution in [0.4, 0.5) is 5.69 Å². The minimum absolute atomic E-state index is 0.160. The summed E-state index contributed by atoms with van der Waals surface area (Å²) in [6.07, 6.45) is 1.36. The number of carbonyl (C=O) groups excluding carboxylic acids is 3. The van der Waals surface area contributed by atoms with Crippen LogP contribution in [0.2, 0.25) is 10.0 Å². The Kier molecular flexibility index (Phi) is 8.91. The zero-order chi connectivity index (χ0) is 27.1. The Hall–Kier alpha value is -3.98. The summed E-state index contributed by atoms with van der Waals surface area (Å²) in [5, 5.41) is 7.31. The van der Waals surface area contributed by atoms with Crippen molar-refractivity contribution in [2.45, 2.75) is 0 Å². The average molecular weight is 611 g/mol. The number of rotatable bonds is 7. The van der Waals surface area contributed by atoms with Crippen molar-refractivity contribution in [1.82, 2.24) is 5.43 Å². The fraction of sp³-hybridized carbons (Fsp3) is 0. The molecule has 0 fully saturated rings. The second-order valence-corrected chi connectivity index (χ2v) is 9.55. The number of carbonyl (C=O) groups is 3. The van der Waals surface area contributed by atoms with E-state index in [0.717, 1.165) is 4.47 Å². The van der Waals surface area contributed by atoms with Crippen LogP contribution >= 0.6 is 39.1 Å². The minimum atomic E-state index is -0.663. The normalized spacial score (nSPS) is 10.7. The lowest BCUT2D eigenvalue weighted by Crippen LogP contribution is -2.18. The van der Waals surface area contributed by atoms with E-state index in [0.29, 0.717) is 27.4 Å². The third-order valence-electron chi connectivity index (χ3n) is 5.15. The largest absolute Gasteiger partial charge is 0.422 e. The topological polar surface area (TPSA) is 96.9 Å². The number of halogens is 3. The van der Waals surface area contributed by atoms with E-state index < -0.39 is 11.9 Å². The quantitative estimate of drug-likeness (QED) is 0.102. The van der Waals surface area contributed by atoms with Crippen LogP contribution in [-0.2, 0) is 0 Å². The molecule has 0 saturated heterocycles. The lowest BCUT2D eigenvalue weighted by molar-refractivity contribution is 0.0734. The molecular weight excluding hydrogens is 593 g/mol. The molecule has 38 heavy (non-hydrogen) atoms. The van der Waals surface area contributed by atoms with Crippen molar-refractivity contribution in [3.63, 3.8) is 0 Å². The molecule has 4 rings (SSSR count). The van der Waals surface area contributed by atoms with Crippen LogP contribution in [0.1, 0.15) is 36.6 Å². The van der Waals surface area contributed by atoms with E-state index in [1.807, 2.05) is 0 Å². The molecule has 2 amide bonds. The molecule has 190 valence electrons. The third kappa shape index (κ3) is 7.07. The number of hydrazone groups is 1. The number of nitrogens with zero attached hydrogens (tertiary/aromatic N) is 1. The summed E-state index contributed by atoms with van der Waals surface area (Å²) in [5.41, 5.74) is 4.42. The SMILES string of the molecule is O=C(N/N=C\c1ccccc1OC(=O)c1ccc(Cl)cc1Cl)c1ccc(NC(=O)c2ccc(Br)cc2)cc1. The summed E-state index contributed by atoms with van der Waals surface area (Å²) in [6, 6.07) is 24.5. The zero-order valence-corrected chi connectivity index (χ0v) is 22.5. The van der Waals surface area contributed by atoms with Crippen LogP contribution in [0.15, 0.2) is 101 Å². The molecule has 0 atom stereocenters. The van der Waals surface area contributed by atoms with Crippen molar-refractivity contribution in [3.05, 3.63) is 128 Å². The van der Waals surface area contributed by atoms with Gasteiger partial charge in [0, 0.05) is 31.9 Å². The average Bonchev–Trinajstić information content (AvgIpc) is 2.90. The second-order valence-electron chi connectivity index (χ2n) is 7.79. The van der Waals surface area contributed by atoms with E-state index in [4.69, 9.17) is 27.9 Å². The van der Waals surface area contributed by atoms with Gasteiger partial charge in [0.05, 0.1) is 16.8 Å². The maximum atomic E-state index is 12.6. The molecule has 0 aliphatic carbocycles. The summed E-state index contributed by atoms with van der Waals surface area (Å²) >= 11 is 15.3. The van der Waals surface area contributed by atoms with Gasteiger partial charge in [-0.1, -0.05) is 51.3 Å². The van der Waals surface area contributed by atoms with Gasteiger partial charge < -0.3 is 10.1 Å². The van der Waals surface area contributed by atoms with Gasteiger partial charge in [-0.25, -0.2) is 10.2 Å². The number of benzene rings is 4. The van der Waals surface area contributed by atoms with Crippen LogP contribution in [0, 0.1) is 0 Å². The molecule has 10 heteroatoms. The van der Waals surface area contributed by atoms with E-state index in [1.165, 1.54) is 24.4 Å². The third-order valence-corrected chi connectivity index (χ3v) is 6.23. The van der Waals surface area contributed by atoms with Gasteiger partial charge in [0.15, 0.2) is 0 Å². The van der Waals surface area contributed by atoms with E-state index in [-0.39, 0.29) is 22.2 Å². The van der Waals surface area contributed by atoms with E-state index in [2.05, 4.69) is 31.8 Å². The van der Waals surface area contributed by atoms with Gasteiger partial charge in [-0.2, -0.15) is 5.10 Å². The molecule has 0 heterocycles. The van der Waals surface area contributed by atoms with Crippen LogP contribution in [-0.4, -0.2) is 24.0 Å². The number of hydrogen-bond acceptors (Lipinski definition) is 5. The van der Waals surface area contributed by atoms with E-state index in [9.17, 15) is 14.4 Å². The Morgan fingerprint density at radius 2 is 1.47 bits per heavy atom. The van der Waals surface area contributed by atoms with E-state index in [1.54, 1.807) is 72.8 Å². The fourth-order valence-corrected chi connectivity index (χ4v) is 3.97. The Morgan fingerprint density at radius 1 is 0.816 bits per heavy atom. The maximum Gasteiger partial charge on any atom is 0.345 e. The van der Waals surface area contributed by atoms with Crippen molar-refractivity contribution < 1.29 is 19.1 Å². The molecule has 0 spiro atoms. The molecule has 0 aromatic heterocycles. The molecule has 2 N–H and O–H groups in total. The first-order valence-electron chi connectivity index (χ1n) is 11.1. The molecule has 0 bridgehead atoms. The van der Waals surface area contributed by atoms with Gasteiger partial charge in [0.1, 0.15) is 5.75 Å². The van der Waals surface area contributed by atoms with Gasteiger partial charge in [-0.3, -0.25) is 9.59 Å². The summed E-state index contributed by atoms with van der Waals surface area (Å²) < 4.78 is 6.34. The number of amides is 2. The molecule has 0 aliphatic heterocycles. The Bertz CT molecular complexity index is 1520. The van der Waals surface area contributed by atoms with Crippen molar-refractivity contribution >= 4 is 68.8 Å². The molecule has 0 unspecified atom stereocenters. The van der Waals surface area contributed by atoms with Crippen molar-refractivity contribution in [2.24, 2.45) is 5.10 Å². The lowest BCUT2D eigenvalue weighted by atomic mass is 10.1. The number of nitrogens with one attached hydrogen (secondary N) is 2. The van der Waals surface area contributed by atoms with Gasteiger partial charge in [0.2, 0.25) is 0 Å². The molecule has 0 radical (unpaired) electrons. The van der Waals surface area contributed by atoms with Crippen LogP contribution in [0.5, 0.6) is 5.75 Å². The fourth-order valence-electron chi connectivity index (χ4n) is 3.22. The van der Waals surface area contributed by atoms with Crippen molar-refractivity contribution in [3.8, 4) is 5.75 Å². The first-order valence-corrected chi connectivity index (χ1v) is 12.6. The number of hydrogen-bond donors (Lipinski definition) is 2. The highest BCUT2D eigenvalue weighted by atomic mass is 79.9. The highest BCUT2D eigenvalue weighted by Crippen LogP contribution is 2.24. The summed E-state index contributed by atoms with van der Waals surface area (Å²) in [5.74, 6) is -1.16. The number of anilines is 1. The molecule has 4 aromatic carbocycles. The predicted molar refractivity (Wildman–Crippen MR) is 151 cm³/mol. The Balaban J connectivity index is 1.36. The Labute approximate surface area is 236 Å². The minimum Gasteiger partial charge on any atom is -0.422 e. The summed E-state index contributed by atoms with van der Waals surface area (Å²) in [7, 11) is 0. The van der Waals surface area contributed by atoms with Crippen LogP contribution in [0.3, 0.4) is 0 Å². The zero-order valence-electron chi connectivity index (χ0n) is 19.5. The maximum absolute atomic E-state index is 12.6. The number of ether oxygens (including phenoxy) is 1. The summed E-state index contributed by atoms with van der Waals surface area (Å²) in [6.45, 7) is 0. The first kappa shape index (κ1) is 27.1. The highest BCUT2D eigenvalue weighted by Gasteiger charge is 2.15. The monoisotopic (exact) mass is 609 g/mol. The first-order chi connectivity index (χ1) is 18.3. The van der Waals surface area contributed by atoms with Gasteiger partial charge in [-0.05, 0) is 78.9 Å². The van der Waals surface area contributed by atoms with Gasteiger partial charge in [0.25, 0.3) is 11.8 Å². The smallest absolute Gasteiger partial charge is 0.345 e. The van der Waals surface area contributed by atoms with Crippen LogP contribution in [0.25, 0.3) is 0 Å². The van der Waals surface area contributed by atoms with Crippen molar-refractivity contribution in [1.29, 1.82) is 0 Å². The second kappa shape index (κ2) is 12.5. The van der Waals surface area contributed by atoms with Crippen molar-refractivity contribution in [2.75, 3.05) is 5.32 Å². The van der Waals surface area contributed by atoms with Gasteiger partial charge in [-0.15, -0.1) is 0 Å². The van der Waals surface area contributed by atoms with Crippen LogP contribution < -0.4 is 15.5 Å². The molecule has 7 nitrogen and oxygen atoms in total. The molecule has 0 saturated carbocycles. The lowest BCUT2D eigenvalue weighted by Gasteiger charge is -2.08. The number of para-hydroxylation sites is 1. The predicted octanol–water partition coefficient (Wildman–Crippen LogP) is 6.99. The summed E-state index contributed by atoms with van der Waals surface area (Å²) in [4.78, 5) is 37.4. The Morgan fingerprint density at radius 3 is 2.18 bits per heavy atom. The molecular formula is C28H18BrCl2N3O4. The standard InChI is InChI=1S/C28H18BrCl2N3O4/c29-20-9-5-17(6-10-20)26(35)33-22-12-7-18(8-13-22)27(36)34-32-16-19-3-1-2-4-25(19)38-28(37)23-14-11-21(30)15-24(23)31/h1-16H,(H,33,35)(H,34,36)/b32-16-. The molecule has 4 aromatic rings.